The summed E-state index contributed by atoms with van der Waals surface area (Å²) in [6.07, 6.45) is 3.69. The van der Waals surface area contributed by atoms with E-state index in [0.29, 0.717) is 0 Å². The van der Waals surface area contributed by atoms with Crippen LogP contribution in [0.15, 0.2) is 158 Å². The van der Waals surface area contributed by atoms with Crippen LogP contribution in [0.4, 0.5) is 0 Å². The van der Waals surface area contributed by atoms with Crippen molar-refractivity contribution in [2.45, 2.75) is 52.4 Å². The monoisotopic (exact) mass is 828 g/mol. The van der Waals surface area contributed by atoms with E-state index in [1.54, 1.807) is 0 Å². The van der Waals surface area contributed by atoms with Gasteiger partial charge in [0.15, 0.2) is 0 Å². The van der Waals surface area contributed by atoms with Crippen molar-refractivity contribution in [1.29, 1.82) is 0 Å². The van der Waals surface area contributed by atoms with Crippen molar-refractivity contribution in [2.75, 3.05) is 0 Å². The molecule has 0 spiro atoms. The van der Waals surface area contributed by atoms with Crippen molar-refractivity contribution >= 4 is 21.5 Å². The molecule has 0 saturated heterocycles. The summed E-state index contributed by atoms with van der Waals surface area (Å²) in [6, 6.07) is 52.0. The second-order valence-electron chi connectivity index (χ2n) is 15.2. The Hall–Kier alpha value is -4.73. The SMILES string of the molecule is CC(C)(C)c1ccc(-c2cccc3[cH-]c(-c4ccccn4)cc23)cc1.CC(C)(C)c1ccc(-c2cccc3[cH-]c(-c4ccccn4)cc23)cc1.[Hf]. The Balaban J connectivity index is 0.000000172. The van der Waals surface area contributed by atoms with Crippen LogP contribution >= 0.6 is 0 Å². The van der Waals surface area contributed by atoms with E-state index in [2.05, 4.69) is 173 Å². The molecule has 0 N–H and O–H groups in total. The molecule has 2 aromatic heterocycles. The molecule has 8 aromatic rings. The molecule has 0 aliphatic rings. The fourth-order valence-electron chi connectivity index (χ4n) is 6.64. The minimum Gasteiger partial charge on any atom is -0.295 e. The molecule has 6 aromatic carbocycles. The summed E-state index contributed by atoms with van der Waals surface area (Å²) in [4.78, 5) is 8.97. The number of nitrogens with zero attached hydrogens (tertiary/aromatic N) is 2. The van der Waals surface area contributed by atoms with Gasteiger partial charge in [0.1, 0.15) is 0 Å². The van der Waals surface area contributed by atoms with Gasteiger partial charge in [0.2, 0.25) is 0 Å². The van der Waals surface area contributed by atoms with E-state index >= 15 is 0 Å². The number of pyridine rings is 2. The second-order valence-corrected chi connectivity index (χ2v) is 15.2. The summed E-state index contributed by atoms with van der Waals surface area (Å²) in [6.45, 7) is 13.5. The summed E-state index contributed by atoms with van der Waals surface area (Å²) >= 11 is 0. The van der Waals surface area contributed by atoms with E-state index in [9.17, 15) is 0 Å². The van der Waals surface area contributed by atoms with Gasteiger partial charge in [-0.25, -0.2) is 0 Å². The third-order valence-electron chi connectivity index (χ3n) is 9.55. The van der Waals surface area contributed by atoms with Crippen molar-refractivity contribution in [1.82, 2.24) is 9.97 Å². The molecule has 0 radical (unpaired) electrons. The Morgan fingerprint density at radius 1 is 0.431 bits per heavy atom. The minimum atomic E-state index is 0. The van der Waals surface area contributed by atoms with Crippen molar-refractivity contribution < 1.29 is 25.8 Å². The maximum Gasteiger partial charge on any atom is 0.0183 e. The molecule has 0 bridgehead atoms. The van der Waals surface area contributed by atoms with Crippen molar-refractivity contribution in [3.63, 3.8) is 0 Å². The Morgan fingerprint density at radius 3 is 1.16 bits per heavy atom. The van der Waals surface area contributed by atoms with Gasteiger partial charge in [-0.15, -0.1) is 69.1 Å². The molecule has 0 aliphatic carbocycles. The first kappa shape index (κ1) is 36.1. The van der Waals surface area contributed by atoms with Gasteiger partial charge in [-0.1, -0.05) is 150 Å². The summed E-state index contributed by atoms with van der Waals surface area (Å²) in [5.74, 6) is 0. The van der Waals surface area contributed by atoms with Gasteiger partial charge < -0.3 is 0 Å². The van der Waals surface area contributed by atoms with E-state index in [1.165, 1.54) is 66.1 Å². The van der Waals surface area contributed by atoms with Crippen molar-refractivity contribution in [2.24, 2.45) is 0 Å². The smallest absolute Gasteiger partial charge is 0.0183 e. The number of aromatic nitrogens is 2. The van der Waals surface area contributed by atoms with Gasteiger partial charge >= 0.3 is 0 Å². The number of fused-ring (bicyclic) bond motifs is 2. The average Bonchev–Trinajstić information content (AvgIpc) is 3.77. The summed E-state index contributed by atoms with van der Waals surface area (Å²) in [5, 5.41) is 5.09. The second kappa shape index (κ2) is 14.9. The third-order valence-corrected chi connectivity index (χ3v) is 9.55. The Bertz CT molecular complexity index is 2180. The Morgan fingerprint density at radius 2 is 0.824 bits per heavy atom. The van der Waals surface area contributed by atoms with Gasteiger partial charge in [0, 0.05) is 49.6 Å². The zero-order valence-electron chi connectivity index (χ0n) is 30.4. The molecule has 0 amide bonds. The van der Waals surface area contributed by atoms with Crippen LogP contribution in [0.2, 0.25) is 0 Å². The maximum atomic E-state index is 4.49. The molecule has 8 rings (SSSR count). The number of benzene rings is 4. The Kier molecular flexibility index (Phi) is 10.5. The molecule has 2 heterocycles. The van der Waals surface area contributed by atoms with Crippen LogP contribution in [-0.2, 0) is 36.7 Å². The molecule has 0 fully saturated rings. The van der Waals surface area contributed by atoms with Crippen molar-refractivity contribution in [3.05, 3.63) is 169 Å². The van der Waals surface area contributed by atoms with Crippen LogP contribution < -0.4 is 0 Å². The first-order valence-corrected chi connectivity index (χ1v) is 17.5. The van der Waals surface area contributed by atoms with E-state index in [-0.39, 0.29) is 36.7 Å². The molecule has 51 heavy (non-hydrogen) atoms. The van der Waals surface area contributed by atoms with E-state index < -0.39 is 0 Å². The predicted octanol–water partition coefficient (Wildman–Crippen LogP) is 13.2. The molecular formula is C48H44HfN2-2. The predicted molar refractivity (Wildman–Crippen MR) is 214 cm³/mol. The van der Waals surface area contributed by atoms with E-state index in [0.717, 1.165) is 11.4 Å². The molecule has 0 atom stereocenters. The number of rotatable bonds is 4. The normalized spacial score (nSPS) is 11.6. The van der Waals surface area contributed by atoms with Crippen LogP contribution in [0.3, 0.4) is 0 Å². The maximum absolute atomic E-state index is 4.49. The van der Waals surface area contributed by atoms with Crippen LogP contribution in [0, 0.1) is 0 Å². The quantitative estimate of drug-likeness (QED) is 0.130. The van der Waals surface area contributed by atoms with E-state index in [4.69, 9.17) is 0 Å². The molecule has 0 unspecified atom stereocenters. The first-order chi connectivity index (χ1) is 24.0. The standard InChI is InChI=1S/2C24H22N.Hf/c2*1-24(2,3)20-12-10-17(11-13-20)21-8-6-7-18-15-19(16-22(18)21)23-9-4-5-14-25-23;/h2*4-16H,1-3H3;/q2*-1;. The zero-order valence-corrected chi connectivity index (χ0v) is 34.0. The van der Waals surface area contributed by atoms with Crippen LogP contribution in [0.25, 0.3) is 66.3 Å². The fraction of sp³-hybridized carbons (Fsp3) is 0.167. The Labute approximate surface area is 321 Å². The van der Waals surface area contributed by atoms with E-state index in [1.807, 2.05) is 36.7 Å². The number of hydrogen-bond donors (Lipinski definition) is 0. The first-order valence-electron chi connectivity index (χ1n) is 17.5. The van der Waals surface area contributed by atoms with Gasteiger partial charge in [0.05, 0.1) is 0 Å². The fourth-order valence-corrected chi connectivity index (χ4v) is 6.64. The van der Waals surface area contributed by atoms with Gasteiger partial charge in [-0.3, -0.25) is 9.97 Å². The molecule has 2 nitrogen and oxygen atoms in total. The molecule has 0 aliphatic heterocycles. The minimum absolute atomic E-state index is 0. The van der Waals surface area contributed by atoms with Crippen molar-refractivity contribution in [3.8, 4) is 44.8 Å². The van der Waals surface area contributed by atoms with Crippen LogP contribution in [0.5, 0.6) is 0 Å². The summed E-state index contributed by atoms with van der Waals surface area (Å²) < 4.78 is 0. The zero-order chi connectivity index (χ0) is 34.9. The van der Waals surface area contributed by atoms with Gasteiger partial charge in [-0.2, -0.15) is 0 Å². The molecule has 252 valence electrons. The molecule has 3 heteroatoms. The summed E-state index contributed by atoms with van der Waals surface area (Å²) in [5.41, 5.74) is 12.5. The topological polar surface area (TPSA) is 25.8 Å². The molecule has 0 saturated carbocycles. The van der Waals surface area contributed by atoms with Gasteiger partial charge in [-0.05, 0) is 45.2 Å². The third kappa shape index (κ3) is 7.95. The van der Waals surface area contributed by atoms with Gasteiger partial charge in [0.25, 0.3) is 0 Å². The van der Waals surface area contributed by atoms with Crippen LogP contribution in [0.1, 0.15) is 52.7 Å². The molecular weight excluding hydrogens is 783 g/mol. The largest absolute Gasteiger partial charge is 0.295 e. The van der Waals surface area contributed by atoms with Crippen LogP contribution in [-0.4, -0.2) is 9.97 Å². The summed E-state index contributed by atoms with van der Waals surface area (Å²) in [7, 11) is 0. The average molecular weight is 827 g/mol. The number of hydrogen-bond acceptors (Lipinski definition) is 2.